The number of nitrogens with two attached hydrogens (primary N) is 1. The molecule has 3 amide bonds. The van der Waals surface area contributed by atoms with Crippen LogP contribution in [0, 0.1) is 0 Å². The second kappa shape index (κ2) is 9.90. The zero-order valence-electron chi connectivity index (χ0n) is 16.2. The Hall–Kier alpha value is -2.86. The molecule has 1 aliphatic rings. The van der Waals surface area contributed by atoms with Gasteiger partial charge in [-0.25, -0.2) is 4.79 Å². The second-order valence-electron chi connectivity index (χ2n) is 7.10. The van der Waals surface area contributed by atoms with Crippen molar-refractivity contribution in [2.45, 2.75) is 37.8 Å². The van der Waals surface area contributed by atoms with Gasteiger partial charge in [0, 0.05) is 17.2 Å². The third-order valence-corrected chi connectivity index (χ3v) is 5.12. The lowest BCUT2D eigenvalue weighted by atomic mass is 9.98. The van der Waals surface area contributed by atoms with Gasteiger partial charge in [0.1, 0.15) is 11.8 Å². The van der Waals surface area contributed by atoms with Crippen molar-refractivity contribution < 1.29 is 19.6 Å². The summed E-state index contributed by atoms with van der Waals surface area (Å²) in [6.07, 6.45) is 4.24. The molecule has 3 rings (SSSR count). The van der Waals surface area contributed by atoms with Crippen LogP contribution in [0.5, 0.6) is 5.75 Å². The molecule has 0 aliphatic heterocycles. The molecule has 1 aliphatic carbocycles. The Labute approximate surface area is 165 Å². The van der Waals surface area contributed by atoms with E-state index in [0.717, 1.165) is 42.6 Å². The molecule has 0 radical (unpaired) electrons. The van der Waals surface area contributed by atoms with Crippen LogP contribution in [0.4, 0.5) is 4.79 Å². The van der Waals surface area contributed by atoms with Crippen molar-refractivity contribution in [2.75, 3.05) is 13.7 Å². The number of rotatable bonds is 7. The minimum atomic E-state index is -0.397. The molecule has 4 N–H and O–H groups in total. The third-order valence-electron chi connectivity index (χ3n) is 5.12. The lowest BCUT2D eigenvalue weighted by Crippen LogP contribution is -2.88. The summed E-state index contributed by atoms with van der Waals surface area (Å²) in [5, 5.41) is 7.26. The lowest BCUT2D eigenvalue weighted by molar-refractivity contribution is -0.676. The van der Waals surface area contributed by atoms with Crippen LogP contribution in [0.1, 0.15) is 42.9 Å². The van der Waals surface area contributed by atoms with E-state index in [1.54, 1.807) is 7.11 Å². The van der Waals surface area contributed by atoms with Crippen LogP contribution in [0.2, 0.25) is 0 Å². The van der Waals surface area contributed by atoms with Crippen molar-refractivity contribution >= 4 is 11.9 Å². The molecular formula is C22H28N3O3+. The Morgan fingerprint density at radius 3 is 2.32 bits per heavy atom. The molecule has 0 aromatic heterocycles. The predicted molar refractivity (Wildman–Crippen MR) is 107 cm³/mol. The summed E-state index contributed by atoms with van der Waals surface area (Å²) in [5.41, 5.74) is 2.16. The Morgan fingerprint density at radius 2 is 1.68 bits per heavy atom. The van der Waals surface area contributed by atoms with Gasteiger partial charge in [-0.05, 0) is 37.1 Å². The first-order valence-electron chi connectivity index (χ1n) is 9.78. The molecule has 0 bridgehead atoms. The molecule has 0 heterocycles. The number of urea groups is 1. The Balaban J connectivity index is 1.60. The molecule has 0 saturated heterocycles. The number of nitrogens with one attached hydrogen (secondary N) is 2. The monoisotopic (exact) mass is 382 g/mol. The van der Waals surface area contributed by atoms with E-state index in [1.165, 1.54) is 0 Å². The summed E-state index contributed by atoms with van der Waals surface area (Å²) in [7, 11) is 1.64. The van der Waals surface area contributed by atoms with Gasteiger partial charge >= 0.3 is 6.03 Å². The minimum Gasteiger partial charge on any atom is -0.497 e. The van der Waals surface area contributed by atoms with Crippen LogP contribution in [-0.2, 0) is 4.79 Å². The number of benzene rings is 2. The average Bonchev–Trinajstić information content (AvgIpc) is 3.22. The first-order valence-corrected chi connectivity index (χ1v) is 9.78. The molecule has 1 fully saturated rings. The molecule has 1 saturated carbocycles. The molecule has 6 nitrogen and oxygen atoms in total. The van der Waals surface area contributed by atoms with Gasteiger partial charge in [0.15, 0.2) is 6.54 Å². The SMILES string of the molecule is COc1ccc([C@H]([NH2+]CC(=O)NC(=O)NC2CCCC2)c2ccccc2)cc1. The summed E-state index contributed by atoms with van der Waals surface area (Å²) >= 11 is 0. The maximum atomic E-state index is 12.3. The van der Waals surface area contributed by atoms with Crippen LogP contribution in [0.3, 0.4) is 0 Å². The van der Waals surface area contributed by atoms with E-state index in [0.29, 0.717) is 0 Å². The van der Waals surface area contributed by atoms with Crippen molar-refractivity contribution in [1.82, 2.24) is 10.6 Å². The summed E-state index contributed by atoms with van der Waals surface area (Å²) in [6, 6.07) is 17.6. The summed E-state index contributed by atoms with van der Waals surface area (Å²) in [5.74, 6) is 0.488. The summed E-state index contributed by atoms with van der Waals surface area (Å²) < 4.78 is 5.23. The quantitative estimate of drug-likeness (QED) is 0.686. The van der Waals surface area contributed by atoms with Crippen molar-refractivity contribution in [3.8, 4) is 5.75 Å². The fraction of sp³-hybridized carbons (Fsp3) is 0.364. The minimum absolute atomic E-state index is 0.0456. The molecule has 2 aromatic carbocycles. The molecule has 148 valence electrons. The maximum Gasteiger partial charge on any atom is 0.321 e. The van der Waals surface area contributed by atoms with Gasteiger partial charge in [0.25, 0.3) is 5.91 Å². The Morgan fingerprint density at radius 1 is 1.04 bits per heavy atom. The summed E-state index contributed by atoms with van der Waals surface area (Å²) in [4.78, 5) is 24.3. The van der Waals surface area contributed by atoms with Crippen LogP contribution in [0.25, 0.3) is 0 Å². The summed E-state index contributed by atoms with van der Waals surface area (Å²) in [6.45, 7) is 0.156. The first kappa shape index (κ1) is 19.9. The van der Waals surface area contributed by atoms with Gasteiger partial charge in [-0.15, -0.1) is 0 Å². The Bertz CT molecular complexity index is 771. The smallest absolute Gasteiger partial charge is 0.321 e. The van der Waals surface area contributed by atoms with Crippen LogP contribution in [-0.4, -0.2) is 31.6 Å². The molecular weight excluding hydrogens is 354 g/mol. The standard InChI is InChI=1S/C22H27N3O3/c1-28-19-13-11-17(12-14-19)21(16-7-3-2-4-8-16)23-15-20(26)25-22(27)24-18-9-5-6-10-18/h2-4,7-8,11-14,18,21,23H,5-6,9-10,15H2,1H3,(H2,24,25,26,27)/p+1/t21-/m1/s1. The van der Waals surface area contributed by atoms with Gasteiger partial charge < -0.3 is 15.4 Å². The number of carbonyl (C=O) groups excluding carboxylic acids is 2. The number of carbonyl (C=O) groups is 2. The highest BCUT2D eigenvalue weighted by atomic mass is 16.5. The number of imide groups is 1. The number of quaternary nitrogens is 1. The van der Waals surface area contributed by atoms with Gasteiger partial charge in [-0.1, -0.05) is 43.2 Å². The third kappa shape index (κ3) is 5.57. The van der Waals surface area contributed by atoms with E-state index < -0.39 is 6.03 Å². The van der Waals surface area contributed by atoms with Crippen molar-refractivity contribution in [2.24, 2.45) is 0 Å². The van der Waals surface area contributed by atoms with E-state index in [-0.39, 0.29) is 24.5 Å². The molecule has 28 heavy (non-hydrogen) atoms. The largest absolute Gasteiger partial charge is 0.497 e. The van der Waals surface area contributed by atoms with Crippen LogP contribution >= 0.6 is 0 Å². The number of hydrogen-bond acceptors (Lipinski definition) is 3. The number of hydrogen-bond donors (Lipinski definition) is 3. The molecule has 1 atom stereocenters. The highest BCUT2D eigenvalue weighted by Gasteiger charge is 2.21. The second-order valence-corrected chi connectivity index (χ2v) is 7.10. The van der Waals surface area contributed by atoms with Crippen LogP contribution < -0.4 is 20.7 Å². The van der Waals surface area contributed by atoms with E-state index in [1.807, 2.05) is 59.9 Å². The molecule has 2 aromatic rings. The number of methoxy groups -OCH3 is 1. The highest BCUT2D eigenvalue weighted by Crippen LogP contribution is 2.21. The van der Waals surface area contributed by atoms with E-state index in [4.69, 9.17) is 4.74 Å². The van der Waals surface area contributed by atoms with Crippen molar-refractivity contribution in [1.29, 1.82) is 0 Å². The molecule has 6 heteroatoms. The van der Waals surface area contributed by atoms with Crippen molar-refractivity contribution in [3.05, 3.63) is 65.7 Å². The maximum absolute atomic E-state index is 12.3. The fourth-order valence-electron chi connectivity index (χ4n) is 3.63. The van der Waals surface area contributed by atoms with Gasteiger partial charge in [0.2, 0.25) is 0 Å². The van der Waals surface area contributed by atoms with E-state index >= 15 is 0 Å². The van der Waals surface area contributed by atoms with Gasteiger partial charge in [0.05, 0.1) is 7.11 Å². The fourth-order valence-corrected chi connectivity index (χ4v) is 3.63. The molecule has 0 spiro atoms. The van der Waals surface area contributed by atoms with E-state index in [2.05, 4.69) is 10.6 Å². The highest BCUT2D eigenvalue weighted by molar-refractivity contribution is 5.94. The zero-order valence-corrected chi connectivity index (χ0v) is 16.2. The first-order chi connectivity index (χ1) is 13.7. The average molecular weight is 382 g/mol. The van der Waals surface area contributed by atoms with Crippen molar-refractivity contribution in [3.63, 3.8) is 0 Å². The number of ether oxygens (including phenoxy) is 1. The van der Waals surface area contributed by atoms with Gasteiger partial charge in [-0.3, -0.25) is 10.1 Å². The number of amides is 3. The normalized spacial score (nSPS) is 15.0. The lowest BCUT2D eigenvalue weighted by Gasteiger charge is -2.17. The topological polar surface area (TPSA) is 84.0 Å². The van der Waals surface area contributed by atoms with Gasteiger partial charge in [-0.2, -0.15) is 0 Å². The molecule has 0 unspecified atom stereocenters. The Kier molecular flexibility index (Phi) is 7.03. The van der Waals surface area contributed by atoms with E-state index in [9.17, 15) is 9.59 Å². The predicted octanol–water partition coefficient (Wildman–Crippen LogP) is 2.12. The van der Waals surface area contributed by atoms with Crippen LogP contribution in [0.15, 0.2) is 54.6 Å². The zero-order chi connectivity index (χ0) is 19.8.